The van der Waals surface area contributed by atoms with Crippen molar-refractivity contribution in [2.75, 3.05) is 40.8 Å². The molecule has 2 aromatic rings. The zero-order valence-electron chi connectivity index (χ0n) is 44.8. The predicted molar refractivity (Wildman–Crippen MR) is 282 cm³/mol. The van der Waals surface area contributed by atoms with Crippen molar-refractivity contribution in [3.05, 3.63) is 64.1 Å². The molecule has 8 atom stereocenters. The van der Waals surface area contributed by atoms with E-state index < -0.39 is 59.6 Å². The number of carboxylic acid groups (broad SMARTS) is 1. The molecule has 2 aliphatic rings. The lowest BCUT2D eigenvalue weighted by atomic mass is 9.83. The van der Waals surface area contributed by atoms with Crippen molar-refractivity contribution >= 4 is 64.3 Å². The lowest BCUT2D eigenvalue weighted by Crippen LogP contribution is -2.48. The number of imide groups is 1. The average Bonchev–Trinajstić information content (AvgIpc) is 3.99. The van der Waals surface area contributed by atoms with Crippen molar-refractivity contribution in [3.63, 3.8) is 0 Å². The van der Waals surface area contributed by atoms with Crippen molar-refractivity contribution in [1.29, 1.82) is 0 Å². The molecule has 0 bridgehead atoms. The quantitative estimate of drug-likeness (QED) is 0.0468. The minimum absolute atomic E-state index is 0.00501. The molecule has 3 heterocycles. The highest BCUT2D eigenvalue weighted by Gasteiger charge is 2.38. The Bertz CT molecular complexity index is 2230. The van der Waals surface area contributed by atoms with Crippen LogP contribution in [0.5, 0.6) is 0 Å². The Labute approximate surface area is 441 Å². The molecule has 408 valence electrons. The van der Waals surface area contributed by atoms with Crippen molar-refractivity contribution in [3.8, 4) is 0 Å². The highest BCUT2D eigenvalue weighted by Crippen LogP contribution is 2.32. The number of Topliss-reactive ketones (excluding diaryl/α,β-unsaturated/α-hetero) is 2. The number of hydrogen-bond acceptors (Lipinski definition) is 13. The van der Waals surface area contributed by atoms with Crippen LogP contribution in [0.15, 0.2) is 47.9 Å². The SMILES string of the molecule is CCC[C@H](CC(=O)[C@H](Cc1ccccc1)NC(=O)c1csc([C@@H](C[C@H](C(C)C)N(C)C(=O)[C@@H](CC(=O)[C@H]2CCCCN2C)[C@@H](C)CC)OC)n1)C(=O)N[C@H](CCCCNC(=O)CCN1C(=O)C=CC1=O)CC(=O)O. The number of carbonyl (C=O) groups excluding carboxylic acids is 8. The van der Waals surface area contributed by atoms with Crippen molar-refractivity contribution in [1.82, 2.24) is 35.6 Å². The maximum atomic E-state index is 14.4. The Kier molecular flexibility index (Phi) is 25.2. The molecule has 0 saturated carbocycles. The maximum Gasteiger partial charge on any atom is 0.305 e. The number of aliphatic carboxylic acids is 1. The largest absolute Gasteiger partial charge is 0.481 e. The topological polar surface area (TPSA) is 242 Å². The average molecular weight is 1050 g/mol. The van der Waals surface area contributed by atoms with Crippen LogP contribution in [0, 0.1) is 23.7 Å². The number of ketones is 2. The Hall–Kier alpha value is -5.66. The molecule has 4 N–H and O–H groups in total. The molecule has 18 nitrogen and oxygen atoms in total. The van der Waals surface area contributed by atoms with Gasteiger partial charge in [-0.15, -0.1) is 11.3 Å². The van der Waals surface area contributed by atoms with Gasteiger partial charge in [-0.3, -0.25) is 53.0 Å². The fourth-order valence-electron chi connectivity index (χ4n) is 9.85. The number of carbonyl (C=O) groups is 9. The van der Waals surface area contributed by atoms with Crippen LogP contribution in [0.2, 0.25) is 0 Å². The molecule has 2 aliphatic heterocycles. The number of nitrogens with one attached hydrogen (secondary N) is 3. The molecule has 0 spiro atoms. The number of methoxy groups -OCH3 is 1. The standard InChI is InChI=1S/C55H81N7O11S/c1-9-18-38(52(70)57-39(31-51(68)69)21-14-16-26-56-48(65)25-28-62-49(66)23-24-50(62)67)30-45(63)41(29-37-19-12-11-13-20-37)58-53(71)42-34-74-54(59-42)47(73-8)33-44(35(3)4)61(7)55(72)40(36(5)10-2)32-46(64)43-22-15-17-27-60(43)6/h11-13,19-20,23-24,34-36,38-41,43-44,47H,9-10,14-18,21-22,25-33H2,1-8H3,(H,56,65)(H,57,70)(H,58,71)(H,68,69)/t36-,38+,39+,40-,41-,43+,44+,47+/m0/s1. The van der Waals surface area contributed by atoms with Gasteiger partial charge in [0, 0.05) is 94.4 Å². The molecular weight excluding hydrogens is 967 g/mol. The van der Waals surface area contributed by atoms with Gasteiger partial charge in [-0.2, -0.15) is 0 Å². The van der Waals surface area contributed by atoms with E-state index in [-0.39, 0.29) is 98.2 Å². The third-order valence-electron chi connectivity index (χ3n) is 14.6. The van der Waals surface area contributed by atoms with E-state index >= 15 is 0 Å². The van der Waals surface area contributed by atoms with E-state index in [4.69, 9.17) is 9.72 Å². The zero-order valence-corrected chi connectivity index (χ0v) is 45.6. The summed E-state index contributed by atoms with van der Waals surface area (Å²) in [6.07, 6.45) is 7.55. The van der Waals surface area contributed by atoms with Gasteiger partial charge in [-0.1, -0.05) is 84.2 Å². The fraction of sp³-hybridized carbons (Fsp3) is 0.636. The molecule has 1 saturated heterocycles. The second-order valence-corrected chi connectivity index (χ2v) is 21.3. The van der Waals surface area contributed by atoms with E-state index in [0.29, 0.717) is 43.5 Å². The van der Waals surface area contributed by atoms with Gasteiger partial charge in [0.05, 0.1) is 18.5 Å². The molecule has 1 aromatic heterocycles. The van der Waals surface area contributed by atoms with Crippen LogP contribution >= 0.6 is 11.3 Å². The summed E-state index contributed by atoms with van der Waals surface area (Å²) in [6.45, 7) is 11.1. The first kappa shape index (κ1) is 60.9. The highest BCUT2D eigenvalue weighted by molar-refractivity contribution is 7.09. The molecule has 0 unspecified atom stereocenters. The number of rotatable bonds is 33. The van der Waals surface area contributed by atoms with Gasteiger partial charge in [0.2, 0.25) is 17.7 Å². The van der Waals surface area contributed by atoms with Crippen LogP contribution in [0.4, 0.5) is 0 Å². The molecule has 1 fully saturated rings. The summed E-state index contributed by atoms with van der Waals surface area (Å²) >= 11 is 1.24. The van der Waals surface area contributed by atoms with Crippen LogP contribution < -0.4 is 16.0 Å². The van der Waals surface area contributed by atoms with Crippen LogP contribution in [0.25, 0.3) is 0 Å². The smallest absolute Gasteiger partial charge is 0.305 e. The number of nitrogens with zero attached hydrogens (tertiary/aromatic N) is 4. The number of piperidine rings is 1. The monoisotopic (exact) mass is 1050 g/mol. The molecule has 19 heteroatoms. The summed E-state index contributed by atoms with van der Waals surface area (Å²) in [5.74, 6) is -5.06. The number of ether oxygens (including phenoxy) is 1. The van der Waals surface area contributed by atoms with E-state index in [1.165, 1.54) is 11.3 Å². The third-order valence-corrected chi connectivity index (χ3v) is 15.5. The number of thiazole rings is 1. The van der Waals surface area contributed by atoms with Gasteiger partial charge in [-0.05, 0) is 75.9 Å². The number of hydrogen-bond donors (Lipinski definition) is 4. The second-order valence-electron chi connectivity index (χ2n) is 20.4. The van der Waals surface area contributed by atoms with Gasteiger partial charge in [0.25, 0.3) is 17.7 Å². The lowest BCUT2D eigenvalue weighted by molar-refractivity contribution is -0.143. The minimum Gasteiger partial charge on any atom is -0.481 e. The zero-order chi connectivity index (χ0) is 54.5. The molecule has 0 aliphatic carbocycles. The summed E-state index contributed by atoms with van der Waals surface area (Å²) in [4.78, 5) is 128. The van der Waals surface area contributed by atoms with Crippen LogP contribution in [0.3, 0.4) is 0 Å². The van der Waals surface area contributed by atoms with E-state index in [2.05, 4.69) is 20.9 Å². The summed E-state index contributed by atoms with van der Waals surface area (Å²) in [5, 5.41) is 20.3. The fourth-order valence-corrected chi connectivity index (χ4v) is 10.7. The number of aromatic nitrogens is 1. The second kappa shape index (κ2) is 30.6. The Balaban J connectivity index is 1.41. The molecule has 74 heavy (non-hydrogen) atoms. The molecular formula is C55H81N7O11S. The Morgan fingerprint density at radius 3 is 2.26 bits per heavy atom. The number of unbranched alkanes of at least 4 members (excludes halogenated alkanes) is 1. The third kappa shape index (κ3) is 18.6. The molecule has 0 radical (unpaired) electrons. The molecule has 4 rings (SSSR count). The summed E-state index contributed by atoms with van der Waals surface area (Å²) in [6, 6.07) is 6.94. The maximum absolute atomic E-state index is 14.4. The van der Waals surface area contributed by atoms with Gasteiger partial charge in [0.15, 0.2) is 11.6 Å². The first-order chi connectivity index (χ1) is 35.3. The Morgan fingerprint density at radius 1 is 0.932 bits per heavy atom. The van der Waals surface area contributed by atoms with Gasteiger partial charge >= 0.3 is 5.97 Å². The van der Waals surface area contributed by atoms with Crippen molar-refractivity contribution in [2.24, 2.45) is 23.7 Å². The minimum atomic E-state index is -1.11. The first-order valence-electron chi connectivity index (χ1n) is 26.5. The molecule has 1 aromatic carbocycles. The van der Waals surface area contributed by atoms with E-state index in [9.17, 15) is 48.3 Å². The predicted octanol–water partition coefficient (Wildman–Crippen LogP) is 6.09. The summed E-state index contributed by atoms with van der Waals surface area (Å²) in [7, 11) is 5.34. The first-order valence-corrected chi connectivity index (χ1v) is 27.3. The number of likely N-dealkylation sites (tertiary alicyclic amines) is 1. The number of benzene rings is 1. The lowest BCUT2D eigenvalue weighted by Gasteiger charge is -2.37. The summed E-state index contributed by atoms with van der Waals surface area (Å²) in [5.41, 5.74) is 0.866. The highest BCUT2D eigenvalue weighted by atomic mass is 32.1. The van der Waals surface area contributed by atoms with Gasteiger partial charge in [-0.25, -0.2) is 4.98 Å². The van der Waals surface area contributed by atoms with Crippen LogP contribution in [0.1, 0.15) is 152 Å². The van der Waals surface area contributed by atoms with Crippen molar-refractivity contribution < 1.29 is 53.0 Å². The number of amides is 6. The van der Waals surface area contributed by atoms with E-state index in [1.807, 2.05) is 72.0 Å². The number of likely N-dealkylation sites (N-methyl/N-ethyl adjacent to an activating group) is 1. The van der Waals surface area contributed by atoms with Crippen LogP contribution in [-0.4, -0.2) is 143 Å². The van der Waals surface area contributed by atoms with E-state index in [0.717, 1.165) is 54.8 Å². The van der Waals surface area contributed by atoms with E-state index in [1.54, 1.807) is 24.4 Å². The number of carboxylic acids is 1. The Morgan fingerprint density at radius 2 is 1.64 bits per heavy atom. The van der Waals surface area contributed by atoms with Gasteiger partial charge < -0.3 is 30.7 Å². The van der Waals surface area contributed by atoms with Crippen molar-refractivity contribution in [2.45, 2.75) is 161 Å². The molecule has 6 amide bonds. The normalized spacial score (nSPS) is 17.7. The van der Waals surface area contributed by atoms with Crippen LogP contribution in [-0.2, 0) is 49.5 Å². The summed E-state index contributed by atoms with van der Waals surface area (Å²) < 4.78 is 5.99. The van der Waals surface area contributed by atoms with Gasteiger partial charge in [0.1, 0.15) is 16.8 Å².